The lowest BCUT2D eigenvalue weighted by molar-refractivity contribution is 0.381. The molecular formula is C17H19N5O4S. The molecule has 0 aromatic carbocycles. The summed E-state index contributed by atoms with van der Waals surface area (Å²) in [5.41, 5.74) is 1.98. The Labute approximate surface area is 155 Å². The van der Waals surface area contributed by atoms with E-state index < -0.39 is 10.0 Å². The first kappa shape index (κ1) is 17.8. The van der Waals surface area contributed by atoms with Crippen LogP contribution in [0.5, 0.6) is 0 Å². The molecule has 142 valence electrons. The third kappa shape index (κ3) is 2.85. The van der Waals surface area contributed by atoms with Gasteiger partial charge in [-0.3, -0.25) is 9.36 Å². The van der Waals surface area contributed by atoms with Crippen molar-refractivity contribution in [2.75, 3.05) is 6.54 Å². The molecule has 0 bridgehead atoms. The van der Waals surface area contributed by atoms with Crippen molar-refractivity contribution in [2.45, 2.75) is 44.7 Å². The number of rotatable bonds is 4. The van der Waals surface area contributed by atoms with Crippen LogP contribution >= 0.6 is 0 Å². The van der Waals surface area contributed by atoms with Gasteiger partial charge in [0, 0.05) is 18.7 Å². The molecule has 0 saturated heterocycles. The number of pyridine rings is 1. The number of sulfonamides is 1. The Kier molecular flexibility index (Phi) is 4.31. The van der Waals surface area contributed by atoms with Gasteiger partial charge in [-0.2, -0.15) is 4.31 Å². The van der Waals surface area contributed by atoms with E-state index in [1.54, 1.807) is 6.07 Å². The molecule has 10 heteroatoms. The van der Waals surface area contributed by atoms with E-state index in [9.17, 15) is 13.2 Å². The number of nitrogens with zero attached hydrogens (tertiary/aromatic N) is 5. The zero-order valence-electron chi connectivity index (χ0n) is 15.0. The van der Waals surface area contributed by atoms with Crippen LogP contribution in [0, 0.1) is 0 Å². The summed E-state index contributed by atoms with van der Waals surface area (Å²) < 4.78 is 34.2. The highest BCUT2D eigenvalue weighted by atomic mass is 32.2. The third-order valence-electron chi connectivity index (χ3n) is 4.85. The molecule has 9 nitrogen and oxygen atoms in total. The zero-order chi connectivity index (χ0) is 19.2. The number of aromatic nitrogens is 4. The maximum Gasteiger partial charge on any atom is 0.258 e. The molecule has 4 rings (SSSR count). The van der Waals surface area contributed by atoms with Crippen LogP contribution in [0.2, 0.25) is 0 Å². The van der Waals surface area contributed by atoms with Crippen molar-refractivity contribution < 1.29 is 12.9 Å². The first-order valence-corrected chi connectivity index (χ1v) is 10.2. The van der Waals surface area contributed by atoms with Gasteiger partial charge in [-0.25, -0.2) is 18.4 Å². The lowest BCUT2D eigenvalue weighted by Gasteiger charge is -2.27. The zero-order valence-corrected chi connectivity index (χ0v) is 15.9. The highest BCUT2D eigenvalue weighted by Gasteiger charge is 2.31. The topological polar surface area (TPSA) is 111 Å². The Morgan fingerprint density at radius 2 is 2.07 bits per heavy atom. The fraction of sp³-hybridized carbons (Fsp3) is 0.412. The number of hydrogen-bond acceptors (Lipinski definition) is 7. The van der Waals surface area contributed by atoms with E-state index in [2.05, 4.69) is 15.1 Å². The molecule has 0 aliphatic carbocycles. The van der Waals surface area contributed by atoms with Crippen LogP contribution in [0.15, 0.2) is 32.8 Å². The van der Waals surface area contributed by atoms with Crippen molar-refractivity contribution >= 4 is 21.1 Å². The minimum absolute atomic E-state index is 0.0692. The number of hydrogen-bond donors (Lipinski definition) is 0. The fourth-order valence-corrected chi connectivity index (χ4v) is 4.65. The van der Waals surface area contributed by atoms with Gasteiger partial charge in [0.15, 0.2) is 0 Å². The molecule has 27 heavy (non-hydrogen) atoms. The first-order chi connectivity index (χ1) is 13.0. The maximum absolute atomic E-state index is 13.1. The van der Waals surface area contributed by atoms with Crippen molar-refractivity contribution in [1.29, 1.82) is 0 Å². The van der Waals surface area contributed by atoms with E-state index in [0.29, 0.717) is 47.4 Å². The van der Waals surface area contributed by atoms with E-state index in [1.165, 1.54) is 21.4 Å². The Hall–Kier alpha value is -2.59. The van der Waals surface area contributed by atoms with Gasteiger partial charge in [0.2, 0.25) is 10.0 Å². The standard InChI is InChI=1S/C17H19N5O4S/c1-3-14-13-7-11(8-18-16(13)26-20-14)27(24,25)22-6-5-12-15(9-22)19-10-21(4-2)17(12)23/h7-8,10H,3-6,9H2,1-2H3. The van der Waals surface area contributed by atoms with Gasteiger partial charge in [-0.15, -0.1) is 0 Å². The van der Waals surface area contributed by atoms with Crippen molar-refractivity contribution in [3.63, 3.8) is 0 Å². The largest absolute Gasteiger partial charge is 0.336 e. The third-order valence-corrected chi connectivity index (χ3v) is 6.66. The second kappa shape index (κ2) is 6.54. The predicted molar refractivity (Wildman–Crippen MR) is 96.7 cm³/mol. The van der Waals surface area contributed by atoms with Crippen LogP contribution in [0.4, 0.5) is 0 Å². The molecular weight excluding hydrogens is 370 g/mol. The fourth-order valence-electron chi connectivity index (χ4n) is 3.27. The lowest BCUT2D eigenvalue weighted by Crippen LogP contribution is -2.40. The molecule has 0 unspecified atom stereocenters. The van der Waals surface area contributed by atoms with Crippen LogP contribution in [-0.4, -0.2) is 39.0 Å². The molecule has 4 heterocycles. The molecule has 0 amide bonds. The molecule has 0 atom stereocenters. The Bertz CT molecular complexity index is 1180. The smallest absolute Gasteiger partial charge is 0.258 e. The predicted octanol–water partition coefficient (Wildman–Crippen LogP) is 1.11. The summed E-state index contributed by atoms with van der Waals surface area (Å²) >= 11 is 0. The summed E-state index contributed by atoms with van der Waals surface area (Å²) in [6, 6.07) is 1.55. The van der Waals surface area contributed by atoms with Crippen molar-refractivity contribution in [2.24, 2.45) is 0 Å². The average molecular weight is 389 g/mol. The normalized spacial score (nSPS) is 15.2. The molecule has 0 saturated carbocycles. The second-order valence-electron chi connectivity index (χ2n) is 6.36. The van der Waals surface area contributed by atoms with Crippen molar-refractivity contribution in [1.82, 2.24) is 24.0 Å². The second-order valence-corrected chi connectivity index (χ2v) is 8.29. The number of fused-ring (bicyclic) bond motifs is 2. The average Bonchev–Trinajstić information content (AvgIpc) is 3.10. The van der Waals surface area contributed by atoms with Crippen LogP contribution in [0.3, 0.4) is 0 Å². The summed E-state index contributed by atoms with van der Waals surface area (Å²) in [5, 5.41) is 4.51. The maximum atomic E-state index is 13.1. The summed E-state index contributed by atoms with van der Waals surface area (Å²) in [6.07, 6.45) is 3.70. The van der Waals surface area contributed by atoms with Gasteiger partial charge in [-0.1, -0.05) is 12.1 Å². The van der Waals surface area contributed by atoms with Crippen LogP contribution in [0.25, 0.3) is 11.1 Å². The molecule has 0 radical (unpaired) electrons. The van der Waals surface area contributed by atoms with Gasteiger partial charge in [0.1, 0.15) is 4.90 Å². The Morgan fingerprint density at radius 1 is 1.26 bits per heavy atom. The highest BCUT2D eigenvalue weighted by molar-refractivity contribution is 7.89. The van der Waals surface area contributed by atoms with Gasteiger partial charge in [0.25, 0.3) is 11.3 Å². The molecule has 1 aliphatic rings. The minimum Gasteiger partial charge on any atom is -0.336 e. The van der Waals surface area contributed by atoms with Crippen LogP contribution < -0.4 is 5.56 Å². The highest BCUT2D eigenvalue weighted by Crippen LogP contribution is 2.25. The van der Waals surface area contributed by atoms with E-state index in [-0.39, 0.29) is 23.5 Å². The van der Waals surface area contributed by atoms with Crippen molar-refractivity contribution in [3.8, 4) is 0 Å². The van der Waals surface area contributed by atoms with E-state index >= 15 is 0 Å². The minimum atomic E-state index is -3.78. The Morgan fingerprint density at radius 3 is 2.81 bits per heavy atom. The lowest BCUT2D eigenvalue weighted by atomic mass is 10.1. The van der Waals surface area contributed by atoms with E-state index in [0.717, 1.165) is 0 Å². The molecule has 3 aromatic rings. The number of aryl methyl sites for hydroxylation is 2. The first-order valence-electron chi connectivity index (χ1n) is 8.77. The molecule has 1 aliphatic heterocycles. The van der Waals surface area contributed by atoms with Crippen LogP contribution in [0.1, 0.15) is 30.8 Å². The summed E-state index contributed by atoms with van der Waals surface area (Å²) in [4.78, 5) is 20.8. The van der Waals surface area contributed by atoms with Gasteiger partial charge >= 0.3 is 0 Å². The Balaban J connectivity index is 1.71. The monoisotopic (exact) mass is 389 g/mol. The molecule has 3 aromatic heterocycles. The summed E-state index contributed by atoms with van der Waals surface area (Å²) in [6.45, 7) is 4.61. The van der Waals surface area contributed by atoms with E-state index in [1.807, 2.05) is 13.8 Å². The quantitative estimate of drug-likeness (QED) is 0.657. The van der Waals surface area contributed by atoms with Gasteiger partial charge in [0.05, 0.1) is 35.8 Å². The molecule has 0 N–H and O–H groups in total. The van der Waals surface area contributed by atoms with E-state index in [4.69, 9.17) is 4.52 Å². The van der Waals surface area contributed by atoms with Gasteiger partial charge < -0.3 is 4.52 Å². The van der Waals surface area contributed by atoms with Crippen molar-refractivity contribution in [3.05, 3.63) is 45.9 Å². The van der Waals surface area contributed by atoms with Crippen LogP contribution in [-0.2, 0) is 36.0 Å². The summed E-state index contributed by atoms with van der Waals surface area (Å²) in [7, 11) is -3.78. The molecule has 0 spiro atoms. The summed E-state index contributed by atoms with van der Waals surface area (Å²) in [5.74, 6) is 0. The molecule has 0 fully saturated rings. The SMILES string of the molecule is CCc1noc2ncc(S(=O)(=O)N3CCc4c(ncn(CC)c4=O)C3)cc12. The van der Waals surface area contributed by atoms with Gasteiger partial charge in [-0.05, 0) is 25.8 Å².